The molecule has 2 aromatic carbocycles. The second-order valence-electron chi connectivity index (χ2n) is 5.03. The summed E-state index contributed by atoms with van der Waals surface area (Å²) in [5.74, 6) is -0.204. The van der Waals surface area contributed by atoms with Gasteiger partial charge in [0.15, 0.2) is 0 Å². The summed E-state index contributed by atoms with van der Waals surface area (Å²) in [5, 5.41) is 0. The molecule has 0 saturated heterocycles. The zero-order chi connectivity index (χ0) is 14.7. The van der Waals surface area contributed by atoms with Gasteiger partial charge in [-0.3, -0.25) is 0 Å². The lowest BCUT2D eigenvalue weighted by Gasteiger charge is -2.27. The number of aryl methyl sites for hydroxylation is 1. The summed E-state index contributed by atoms with van der Waals surface area (Å²) in [6.07, 6.45) is 0. The van der Waals surface area contributed by atoms with Crippen LogP contribution in [-0.4, -0.2) is 6.54 Å². The fourth-order valence-corrected chi connectivity index (χ4v) is 2.38. The van der Waals surface area contributed by atoms with Crippen molar-refractivity contribution in [3.8, 4) is 0 Å². The highest BCUT2D eigenvalue weighted by molar-refractivity contribution is 5.67. The third-order valence-electron chi connectivity index (χ3n) is 3.47. The molecular weight excluding hydrogens is 251 g/mol. The molecule has 0 aromatic heterocycles. The van der Waals surface area contributed by atoms with Crippen LogP contribution in [0.4, 0.5) is 15.8 Å². The van der Waals surface area contributed by atoms with Crippen molar-refractivity contribution in [1.29, 1.82) is 0 Å². The van der Waals surface area contributed by atoms with Crippen molar-refractivity contribution in [2.75, 3.05) is 11.4 Å². The Labute approximate surface area is 120 Å². The van der Waals surface area contributed by atoms with Gasteiger partial charge in [-0.1, -0.05) is 18.2 Å². The number of rotatable bonds is 4. The lowest BCUT2D eigenvalue weighted by Crippen LogP contribution is -2.20. The Hall–Kier alpha value is -1.87. The van der Waals surface area contributed by atoms with E-state index in [4.69, 9.17) is 5.73 Å². The third-order valence-corrected chi connectivity index (χ3v) is 3.47. The quantitative estimate of drug-likeness (QED) is 0.898. The minimum atomic E-state index is -0.210. The first-order chi connectivity index (χ1) is 9.54. The van der Waals surface area contributed by atoms with Crippen molar-refractivity contribution in [2.45, 2.75) is 26.8 Å². The molecule has 2 N–H and O–H groups in total. The fourth-order valence-electron chi connectivity index (χ4n) is 2.38. The zero-order valence-corrected chi connectivity index (χ0v) is 12.2. The molecule has 1 atom stereocenters. The third kappa shape index (κ3) is 2.83. The van der Waals surface area contributed by atoms with Crippen LogP contribution >= 0.6 is 0 Å². The van der Waals surface area contributed by atoms with Crippen molar-refractivity contribution in [2.24, 2.45) is 5.73 Å². The number of nitrogens with two attached hydrogens (primary N) is 1. The molecule has 0 aliphatic heterocycles. The Bertz CT molecular complexity index is 579. The summed E-state index contributed by atoms with van der Waals surface area (Å²) in [4.78, 5) is 2.16. The second kappa shape index (κ2) is 6.06. The highest BCUT2D eigenvalue weighted by Crippen LogP contribution is 2.33. The van der Waals surface area contributed by atoms with E-state index in [1.54, 1.807) is 13.0 Å². The molecule has 0 radical (unpaired) electrons. The van der Waals surface area contributed by atoms with Gasteiger partial charge in [0.2, 0.25) is 0 Å². The molecular formula is C17H21FN2. The molecule has 0 spiro atoms. The first-order valence-corrected chi connectivity index (χ1v) is 6.92. The molecule has 0 bridgehead atoms. The second-order valence-corrected chi connectivity index (χ2v) is 5.03. The first-order valence-electron chi connectivity index (χ1n) is 6.92. The van der Waals surface area contributed by atoms with Crippen LogP contribution in [0.3, 0.4) is 0 Å². The molecule has 20 heavy (non-hydrogen) atoms. The van der Waals surface area contributed by atoms with Crippen molar-refractivity contribution in [3.63, 3.8) is 0 Å². The Balaban J connectivity index is 2.57. The Morgan fingerprint density at radius 3 is 2.40 bits per heavy atom. The first kappa shape index (κ1) is 14.5. The maximum Gasteiger partial charge on any atom is 0.126 e. The van der Waals surface area contributed by atoms with E-state index >= 15 is 0 Å². The van der Waals surface area contributed by atoms with Gasteiger partial charge in [-0.25, -0.2) is 4.39 Å². The summed E-state index contributed by atoms with van der Waals surface area (Å²) in [5.41, 5.74) is 9.55. The van der Waals surface area contributed by atoms with Gasteiger partial charge in [0.25, 0.3) is 0 Å². The molecule has 0 fully saturated rings. The zero-order valence-electron chi connectivity index (χ0n) is 12.2. The van der Waals surface area contributed by atoms with Crippen molar-refractivity contribution in [1.82, 2.24) is 0 Å². The maximum atomic E-state index is 13.8. The minimum absolute atomic E-state index is 0.204. The molecule has 0 amide bonds. The smallest absolute Gasteiger partial charge is 0.126 e. The predicted molar refractivity (Wildman–Crippen MR) is 82.9 cm³/mol. The Morgan fingerprint density at radius 2 is 1.85 bits per heavy atom. The molecule has 0 aliphatic rings. The topological polar surface area (TPSA) is 29.3 Å². The maximum absolute atomic E-state index is 13.8. The fraction of sp³-hybridized carbons (Fsp3) is 0.294. The van der Waals surface area contributed by atoms with Gasteiger partial charge in [0.1, 0.15) is 5.82 Å². The van der Waals surface area contributed by atoms with Crippen LogP contribution in [0.5, 0.6) is 0 Å². The normalized spacial score (nSPS) is 12.2. The van der Waals surface area contributed by atoms with Gasteiger partial charge in [0.05, 0.1) is 0 Å². The van der Waals surface area contributed by atoms with Crippen molar-refractivity contribution in [3.05, 3.63) is 59.4 Å². The van der Waals surface area contributed by atoms with Crippen molar-refractivity contribution >= 4 is 11.4 Å². The highest BCUT2D eigenvalue weighted by Gasteiger charge is 2.16. The Kier molecular flexibility index (Phi) is 4.40. The molecule has 0 unspecified atom stereocenters. The summed E-state index contributed by atoms with van der Waals surface area (Å²) in [6.45, 7) is 6.54. The molecule has 0 heterocycles. The number of benzene rings is 2. The molecule has 2 rings (SSSR count). The van der Waals surface area contributed by atoms with E-state index in [1.807, 2.05) is 43.3 Å². The van der Waals surface area contributed by atoms with Crippen molar-refractivity contribution < 1.29 is 4.39 Å². The van der Waals surface area contributed by atoms with Gasteiger partial charge in [-0.15, -0.1) is 0 Å². The van der Waals surface area contributed by atoms with E-state index in [-0.39, 0.29) is 11.9 Å². The van der Waals surface area contributed by atoms with Gasteiger partial charge < -0.3 is 10.6 Å². The number of nitrogens with zero attached hydrogens (tertiary/aromatic N) is 1. The molecule has 0 aliphatic carbocycles. The average molecular weight is 272 g/mol. The number of hydrogen-bond acceptors (Lipinski definition) is 2. The van der Waals surface area contributed by atoms with Crippen LogP contribution < -0.4 is 10.6 Å². The predicted octanol–water partition coefficient (Wildman–Crippen LogP) is 4.31. The van der Waals surface area contributed by atoms with E-state index in [0.29, 0.717) is 5.56 Å². The summed E-state index contributed by atoms with van der Waals surface area (Å²) in [7, 11) is 0. The molecule has 2 aromatic rings. The molecule has 0 saturated carbocycles. The average Bonchev–Trinajstić information content (AvgIpc) is 2.44. The van der Waals surface area contributed by atoms with E-state index in [9.17, 15) is 4.39 Å². The van der Waals surface area contributed by atoms with Gasteiger partial charge in [-0.2, -0.15) is 0 Å². The van der Waals surface area contributed by atoms with E-state index in [2.05, 4.69) is 11.8 Å². The van der Waals surface area contributed by atoms with Crippen LogP contribution in [0, 0.1) is 12.7 Å². The molecule has 106 valence electrons. The van der Waals surface area contributed by atoms with E-state index < -0.39 is 0 Å². The van der Waals surface area contributed by atoms with Crippen LogP contribution in [0.1, 0.15) is 31.0 Å². The number of hydrogen-bond donors (Lipinski definition) is 1. The standard InChI is InChI=1S/C17H21FN2/c1-4-20(14-8-6-5-7-9-14)17-10-12(2)16(18)11-15(17)13(3)19/h5-11,13H,4,19H2,1-3H3/t13-/m0/s1. The summed E-state index contributed by atoms with van der Waals surface area (Å²) >= 11 is 0. The SMILES string of the molecule is CCN(c1ccccc1)c1cc(C)c(F)cc1[C@H](C)N. The van der Waals surface area contributed by atoms with Crippen LogP contribution in [-0.2, 0) is 0 Å². The monoisotopic (exact) mass is 272 g/mol. The summed E-state index contributed by atoms with van der Waals surface area (Å²) in [6, 6.07) is 13.3. The largest absolute Gasteiger partial charge is 0.341 e. The van der Waals surface area contributed by atoms with Crippen LogP contribution in [0.2, 0.25) is 0 Å². The number of para-hydroxylation sites is 1. The molecule has 2 nitrogen and oxygen atoms in total. The Morgan fingerprint density at radius 1 is 1.20 bits per heavy atom. The number of halogens is 1. The van der Waals surface area contributed by atoms with Gasteiger partial charge in [0, 0.05) is 24.0 Å². The van der Waals surface area contributed by atoms with E-state index in [1.165, 1.54) is 0 Å². The number of anilines is 2. The minimum Gasteiger partial charge on any atom is -0.341 e. The van der Waals surface area contributed by atoms with Crippen LogP contribution in [0.15, 0.2) is 42.5 Å². The van der Waals surface area contributed by atoms with Gasteiger partial charge >= 0.3 is 0 Å². The van der Waals surface area contributed by atoms with Crippen LogP contribution in [0.25, 0.3) is 0 Å². The summed E-state index contributed by atoms with van der Waals surface area (Å²) < 4.78 is 13.8. The van der Waals surface area contributed by atoms with E-state index in [0.717, 1.165) is 23.5 Å². The lowest BCUT2D eigenvalue weighted by molar-refractivity contribution is 0.613. The molecule has 3 heteroatoms. The lowest BCUT2D eigenvalue weighted by atomic mass is 10.0. The van der Waals surface area contributed by atoms with Gasteiger partial charge in [-0.05, 0) is 56.2 Å². The highest BCUT2D eigenvalue weighted by atomic mass is 19.1.